The highest BCUT2D eigenvalue weighted by Crippen LogP contribution is 2.13. The Bertz CT molecular complexity index is 555. The van der Waals surface area contributed by atoms with Gasteiger partial charge in [0.15, 0.2) is 5.78 Å². The van der Waals surface area contributed by atoms with E-state index in [1.165, 1.54) is 6.07 Å². The summed E-state index contributed by atoms with van der Waals surface area (Å²) in [5.74, 6) is -1.82. The first kappa shape index (κ1) is 12.4. The van der Waals surface area contributed by atoms with E-state index in [0.29, 0.717) is 6.42 Å². The van der Waals surface area contributed by atoms with Gasteiger partial charge in [-0.15, -0.1) is 0 Å². The third-order valence-electron chi connectivity index (χ3n) is 2.62. The molecule has 0 unspecified atom stereocenters. The van der Waals surface area contributed by atoms with Crippen LogP contribution in [0.15, 0.2) is 42.7 Å². The number of carbonyl (C=O) groups excluding carboxylic acids is 1. The lowest BCUT2D eigenvalue weighted by atomic mass is 10.0. The van der Waals surface area contributed by atoms with Gasteiger partial charge in [-0.25, -0.2) is 8.78 Å². The summed E-state index contributed by atoms with van der Waals surface area (Å²) >= 11 is 0. The smallest absolute Gasteiger partial charge is 0.166 e. The molecule has 0 saturated carbocycles. The van der Waals surface area contributed by atoms with E-state index in [2.05, 4.69) is 4.98 Å². The molecular formula is C14H11F2NO. The van der Waals surface area contributed by atoms with Crippen molar-refractivity contribution in [3.05, 3.63) is 65.5 Å². The Morgan fingerprint density at radius 1 is 1.11 bits per heavy atom. The molecule has 2 nitrogen and oxygen atoms in total. The van der Waals surface area contributed by atoms with Crippen molar-refractivity contribution < 1.29 is 13.6 Å². The molecule has 1 aromatic heterocycles. The number of rotatable bonds is 4. The average molecular weight is 247 g/mol. The molecule has 1 heterocycles. The number of hydrogen-bond acceptors (Lipinski definition) is 2. The molecule has 1 aromatic carbocycles. The van der Waals surface area contributed by atoms with Gasteiger partial charge in [-0.1, -0.05) is 0 Å². The Kier molecular flexibility index (Phi) is 3.77. The summed E-state index contributed by atoms with van der Waals surface area (Å²) in [7, 11) is 0. The van der Waals surface area contributed by atoms with Crippen molar-refractivity contribution in [3.63, 3.8) is 0 Å². The predicted octanol–water partition coefficient (Wildman–Crippen LogP) is 3.18. The number of benzene rings is 1. The molecule has 0 atom stereocenters. The van der Waals surface area contributed by atoms with E-state index in [0.717, 1.165) is 17.7 Å². The molecule has 0 radical (unpaired) electrons. The van der Waals surface area contributed by atoms with Crippen molar-refractivity contribution in [2.45, 2.75) is 12.8 Å². The number of nitrogens with zero attached hydrogens (tertiary/aromatic N) is 1. The van der Waals surface area contributed by atoms with Crippen LogP contribution in [0.1, 0.15) is 22.3 Å². The Morgan fingerprint density at radius 3 is 2.50 bits per heavy atom. The molecule has 0 aliphatic heterocycles. The van der Waals surface area contributed by atoms with Gasteiger partial charge < -0.3 is 0 Å². The third kappa shape index (κ3) is 2.97. The Balaban J connectivity index is 2.04. The summed E-state index contributed by atoms with van der Waals surface area (Å²) in [6, 6.07) is 6.59. The number of ketones is 1. The molecule has 4 heteroatoms. The fraction of sp³-hybridized carbons (Fsp3) is 0.143. The average Bonchev–Trinajstić information content (AvgIpc) is 2.37. The largest absolute Gasteiger partial charge is 0.294 e. The van der Waals surface area contributed by atoms with Gasteiger partial charge in [0.1, 0.15) is 11.6 Å². The maximum absolute atomic E-state index is 13.4. The van der Waals surface area contributed by atoms with Crippen LogP contribution < -0.4 is 0 Å². The van der Waals surface area contributed by atoms with Gasteiger partial charge in [0, 0.05) is 24.9 Å². The van der Waals surface area contributed by atoms with Gasteiger partial charge in [0.25, 0.3) is 0 Å². The summed E-state index contributed by atoms with van der Waals surface area (Å²) < 4.78 is 26.1. The van der Waals surface area contributed by atoms with Crippen LogP contribution in [0.2, 0.25) is 0 Å². The molecule has 0 aliphatic carbocycles. The number of halogens is 2. The number of aryl methyl sites for hydroxylation is 1. The Morgan fingerprint density at radius 2 is 1.83 bits per heavy atom. The minimum Gasteiger partial charge on any atom is -0.294 e. The fourth-order valence-electron chi connectivity index (χ4n) is 1.66. The Hall–Kier alpha value is -2.10. The molecule has 18 heavy (non-hydrogen) atoms. The topological polar surface area (TPSA) is 30.0 Å². The van der Waals surface area contributed by atoms with E-state index in [4.69, 9.17) is 0 Å². The summed E-state index contributed by atoms with van der Waals surface area (Å²) in [5, 5.41) is 0. The Labute approximate surface area is 103 Å². The molecule has 0 aliphatic rings. The quantitative estimate of drug-likeness (QED) is 0.777. The van der Waals surface area contributed by atoms with Gasteiger partial charge in [-0.2, -0.15) is 0 Å². The molecule has 0 fully saturated rings. The number of aromatic nitrogens is 1. The van der Waals surface area contributed by atoms with E-state index in [9.17, 15) is 13.6 Å². The van der Waals surface area contributed by atoms with Crippen LogP contribution >= 0.6 is 0 Å². The van der Waals surface area contributed by atoms with E-state index in [-0.39, 0.29) is 17.8 Å². The zero-order chi connectivity index (χ0) is 13.0. The van der Waals surface area contributed by atoms with Gasteiger partial charge >= 0.3 is 0 Å². The summed E-state index contributed by atoms with van der Waals surface area (Å²) in [5.41, 5.74) is 0.895. The SMILES string of the molecule is O=C(CCc1ccncc1)c1ccc(F)cc1F. The van der Waals surface area contributed by atoms with Crippen LogP contribution in [-0.4, -0.2) is 10.8 Å². The lowest BCUT2D eigenvalue weighted by Crippen LogP contribution is -2.04. The van der Waals surface area contributed by atoms with E-state index in [1.54, 1.807) is 24.5 Å². The zero-order valence-corrected chi connectivity index (χ0v) is 9.57. The van der Waals surface area contributed by atoms with Gasteiger partial charge in [-0.3, -0.25) is 9.78 Å². The zero-order valence-electron chi connectivity index (χ0n) is 9.57. The second-order valence-corrected chi connectivity index (χ2v) is 3.90. The molecule has 0 spiro atoms. The van der Waals surface area contributed by atoms with Crippen molar-refractivity contribution in [2.75, 3.05) is 0 Å². The highest BCUT2D eigenvalue weighted by atomic mass is 19.1. The van der Waals surface area contributed by atoms with Crippen molar-refractivity contribution in [2.24, 2.45) is 0 Å². The lowest BCUT2D eigenvalue weighted by Gasteiger charge is -2.03. The van der Waals surface area contributed by atoms with Crippen LogP contribution in [0.5, 0.6) is 0 Å². The van der Waals surface area contributed by atoms with Gasteiger partial charge in [0.2, 0.25) is 0 Å². The molecular weight excluding hydrogens is 236 g/mol. The molecule has 92 valence electrons. The first-order chi connectivity index (χ1) is 8.66. The van der Waals surface area contributed by atoms with Gasteiger partial charge in [0.05, 0.1) is 5.56 Å². The van der Waals surface area contributed by atoms with Crippen molar-refractivity contribution in [1.82, 2.24) is 4.98 Å². The minimum atomic E-state index is -0.810. The fourth-order valence-corrected chi connectivity index (χ4v) is 1.66. The van der Waals surface area contributed by atoms with Crippen LogP contribution in [-0.2, 0) is 6.42 Å². The highest BCUT2D eigenvalue weighted by molar-refractivity contribution is 5.96. The summed E-state index contributed by atoms with van der Waals surface area (Å²) in [4.78, 5) is 15.6. The standard InChI is InChI=1S/C14H11F2NO/c15-11-2-3-12(13(16)9-11)14(18)4-1-10-5-7-17-8-6-10/h2-3,5-9H,1,4H2. The third-order valence-corrected chi connectivity index (χ3v) is 2.62. The highest BCUT2D eigenvalue weighted by Gasteiger charge is 2.12. The number of carbonyl (C=O) groups is 1. The maximum Gasteiger partial charge on any atom is 0.166 e. The van der Waals surface area contributed by atoms with Crippen molar-refractivity contribution >= 4 is 5.78 Å². The van der Waals surface area contributed by atoms with Crippen LogP contribution in [0.4, 0.5) is 8.78 Å². The summed E-state index contributed by atoms with van der Waals surface area (Å²) in [6.45, 7) is 0. The summed E-state index contributed by atoms with van der Waals surface area (Å²) in [6.07, 6.45) is 3.97. The van der Waals surface area contributed by atoms with E-state index < -0.39 is 11.6 Å². The predicted molar refractivity (Wildman–Crippen MR) is 63.2 cm³/mol. The number of pyridine rings is 1. The molecule has 0 amide bonds. The van der Waals surface area contributed by atoms with Crippen LogP contribution in [0.25, 0.3) is 0 Å². The second kappa shape index (κ2) is 5.49. The maximum atomic E-state index is 13.4. The monoisotopic (exact) mass is 247 g/mol. The first-order valence-corrected chi connectivity index (χ1v) is 5.54. The number of hydrogen-bond donors (Lipinski definition) is 0. The van der Waals surface area contributed by atoms with Crippen molar-refractivity contribution in [1.29, 1.82) is 0 Å². The van der Waals surface area contributed by atoms with Crippen molar-refractivity contribution in [3.8, 4) is 0 Å². The molecule has 0 N–H and O–H groups in total. The van der Waals surface area contributed by atoms with Crippen LogP contribution in [0, 0.1) is 11.6 Å². The van der Waals surface area contributed by atoms with E-state index in [1.807, 2.05) is 0 Å². The molecule has 2 rings (SSSR count). The lowest BCUT2D eigenvalue weighted by molar-refractivity contribution is 0.0979. The normalized spacial score (nSPS) is 10.3. The van der Waals surface area contributed by atoms with Gasteiger partial charge in [-0.05, 0) is 36.2 Å². The molecule has 2 aromatic rings. The minimum absolute atomic E-state index is 0.0644. The second-order valence-electron chi connectivity index (χ2n) is 3.90. The molecule has 0 saturated heterocycles. The molecule has 0 bridgehead atoms. The first-order valence-electron chi connectivity index (χ1n) is 5.54. The van der Waals surface area contributed by atoms with Crippen LogP contribution in [0.3, 0.4) is 0 Å². The van der Waals surface area contributed by atoms with E-state index >= 15 is 0 Å². The number of Topliss-reactive ketones (excluding diaryl/α,β-unsaturated/α-hetero) is 1.